The summed E-state index contributed by atoms with van der Waals surface area (Å²) in [6.07, 6.45) is 3.59. The minimum atomic E-state index is -0.762. The van der Waals surface area contributed by atoms with E-state index in [1.165, 1.54) is 6.42 Å². The van der Waals surface area contributed by atoms with Crippen LogP contribution >= 0.6 is 0 Å². The van der Waals surface area contributed by atoms with Gasteiger partial charge in [-0.3, -0.25) is 4.79 Å². The number of aliphatic hydroxyl groups excluding tert-OH is 1. The third-order valence-corrected chi connectivity index (χ3v) is 2.51. The Bertz CT molecular complexity index is 187. The zero-order valence-electron chi connectivity index (χ0n) is 10.7. The first-order valence-corrected chi connectivity index (χ1v) is 6.33. The molecule has 0 fully saturated rings. The minimum absolute atomic E-state index is 0.0327. The molecule has 0 saturated heterocycles. The van der Waals surface area contributed by atoms with Gasteiger partial charge in [0.1, 0.15) is 0 Å². The largest absolute Gasteiger partial charge is 0.481 e. The van der Waals surface area contributed by atoms with Crippen LogP contribution in [0.15, 0.2) is 0 Å². The average molecular weight is 247 g/mol. The fraction of sp³-hybridized carbons (Fsp3) is 0.917. The van der Waals surface area contributed by atoms with E-state index in [4.69, 9.17) is 14.9 Å². The Hall–Kier alpha value is -0.650. The molecule has 0 aliphatic rings. The highest BCUT2D eigenvalue weighted by atomic mass is 16.5. The number of hydrogen-bond donors (Lipinski definition) is 2. The molecule has 17 heavy (non-hydrogen) atoms. The molecule has 0 unspecified atom stereocenters. The molecule has 0 saturated carbocycles. The zero-order chi connectivity index (χ0) is 12.9. The quantitative estimate of drug-likeness (QED) is 0.503. The van der Waals surface area contributed by atoms with Crippen LogP contribution in [0.4, 0.5) is 0 Å². The average Bonchev–Trinajstić information content (AvgIpc) is 2.30. The van der Waals surface area contributed by atoms with Gasteiger partial charge in [0.2, 0.25) is 0 Å². The van der Waals surface area contributed by atoms with Crippen LogP contribution in [-0.2, 0) is 9.53 Å². The molecule has 0 bridgehead atoms. The van der Waals surface area contributed by atoms with Gasteiger partial charge in [-0.2, -0.15) is 0 Å². The lowest BCUT2D eigenvalue weighted by Crippen LogP contribution is -2.31. The standard InChI is InChI=1S/C12H25NO4/c1-2-3-4-6-13(7-5-12(15)16)8-10-17-11-9-14/h14H,2-11H2,1H3,(H,15,16). The summed E-state index contributed by atoms with van der Waals surface area (Å²) in [5.74, 6) is -0.762. The van der Waals surface area contributed by atoms with Crippen molar-refractivity contribution in [3.05, 3.63) is 0 Å². The van der Waals surface area contributed by atoms with E-state index < -0.39 is 5.97 Å². The van der Waals surface area contributed by atoms with E-state index in [1.807, 2.05) is 0 Å². The van der Waals surface area contributed by atoms with Crippen molar-refractivity contribution < 1.29 is 19.7 Å². The second-order valence-electron chi connectivity index (χ2n) is 4.03. The Labute approximate surface area is 103 Å². The van der Waals surface area contributed by atoms with Gasteiger partial charge in [0, 0.05) is 13.1 Å². The number of unbranched alkanes of at least 4 members (excludes halogenated alkanes) is 2. The number of aliphatic carboxylic acids is 1. The number of aliphatic hydroxyl groups is 1. The monoisotopic (exact) mass is 247 g/mol. The van der Waals surface area contributed by atoms with E-state index in [1.54, 1.807) is 0 Å². The molecule has 5 nitrogen and oxygen atoms in total. The summed E-state index contributed by atoms with van der Waals surface area (Å²) in [6.45, 7) is 5.30. The Morgan fingerprint density at radius 1 is 1.18 bits per heavy atom. The van der Waals surface area contributed by atoms with E-state index in [0.717, 1.165) is 25.9 Å². The van der Waals surface area contributed by atoms with Crippen LogP contribution in [0.2, 0.25) is 0 Å². The molecule has 5 heteroatoms. The van der Waals surface area contributed by atoms with Crippen LogP contribution in [0, 0.1) is 0 Å². The molecule has 0 aliphatic heterocycles. The predicted octanol–water partition coefficient (Wildman–Crippen LogP) is 0.962. The zero-order valence-corrected chi connectivity index (χ0v) is 10.7. The highest BCUT2D eigenvalue weighted by molar-refractivity contribution is 5.66. The van der Waals surface area contributed by atoms with Gasteiger partial charge in [-0.05, 0) is 13.0 Å². The molecule has 0 spiro atoms. The summed E-state index contributed by atoms with van der Waals surface area (Å²) in [6, 6.07) is 0. The molecule has 102 valence electrons. The molecule has 0 aliphatic carbocycles. The number of rotatable bonds is 12. The smallest absolute Gasteiger partial charge is 0.304 e. The van der Waals surface area contributed by atoms with Gasteiger partial charge in [0.05, 0.1) is 26.2 Å². The molecule has 2 N–H and O–H groups in total. The van der Waals surface area contributed by atoms with Crippen molar-refractivity contribution in [2.24, 2.45) is 0 Å². The first kappa shape index (κ1) is 16.4. The number of carboxylic acids is 1. The van der Waals surface area contributed by atoms with Gasteiger partial charge in [0.15, 0.2) is 0 Å². The van der Waals surface area contributed by atoms with Crippen molar-refractivity contribution in [2.45, 2.75) is 32.6 Å². The Morgan fingerprint density at radius 2 is 1.94 bits per heavy atom. The highest BCUT2D eigenvalue weighted by Gasteiger charge is 2.07. The summed E-state index contributed by atoms with van der Waals surface area (Å²) in [4.78, 5) is 12.6. The van der Waals surface area contributed by atoms with E-state index in [9.17, 15) is 4.79 Å². The molecule has 0 radical (unpaired) electrons. The lowest BCUT2D eigenvalue weighted by Gasteiger charge is -2.21. The van der Waals surface area contributed by atoms with Gasteiger partial charge in [-0.25, -0.2) is 0 Å². The van der Waals surface area contributed by atoms with Crippen molar-refractivity contribution in [1.82, 2.24) is 4.90 Å². The number of ether oxygens (including phenoxy) is 1. The third-order valence-electron chi connectivity index (χ3n) is 2.51. The Kier molecular flexibility index (Phi) is 11.4. The Morgan fingerprint density at radius 3 is 2.53 bits per heavy atom. The number of nitrogens with zero attached hydrogens (tertiary/aromatic N) is 1. The number of carboxylic acid groups (broad SMARTS) is 1. The normalized spacial score (nSPS) is 11.0. The van der Waals surface area contributed by atoms with Gasteiger partial charge in [0.25, 0.3) is 0 Å². The SMILES string of the molecule is CCCCCN(CCOCCO)CCC(=O)O. The van der Waals surface area contributed by atoms with Crippen LogP contribution in [0.3, 0.4) is 0 Å². The first-order chi connectivity index (χ1) is 8.20. The van der Waals surface area contributed by atoms with Crippen molar-refractivity contribution >= 4 is 5.97 Å². The van der Waals surface area contributed by atoms with E-state index in [-0.39, 0.29) is 13.0 Å². The molecule has 0 atom stereocenters. The topological polar surface area (TPSA) is 70.0 Å². The molecule has 0 aromatic heterocycles. The molecular weight excluding hydrogens is 222 g/mol. The van der Waals surface area contributed by atoms with Crippen molar-refractivity contribution in [3.63, 3.8) is 0 Å². The van der Waals surface area contributed by atoms with Crippen molar-refractivity contribution in [1.29, 1.82) is 0 Å². The highest BCUT2D eigenvalue weighted by Crippen LogP contribution is 2.00. The summed E-state index contributed by atoms with van der Waals surface area (Å²) in [5, 5.41) is 17.2. The van der Waals surface area contributed by atoms with Gasteiger partial charge in [-0.1, -0.05) is 19.8 Å². The molecule has 0 aromatic rings. The molecule has 0 aromatic carbocycles. The number of hydrogen-bond acceptors (Lipinski definition) is 4. The van der Waals surface area contributed by atoms with Crippen LogP contribution in [0.5, 0.6) is 0 Å². The van der Waals surface area contributed by atoms with Crippen molar-refractivity contribution in [2.75, 3.05) is 39.5 Å². The number of carbonyl (C=O) groups is 1. The molecular formula is C12H25NO4. The lowest BCUT2D eigenvalue weighted by atomic mass is 10.2. The molecule has 0 rings (SSSR count). The van der Waals surface area contributed by atoms with Gasteiger partial charge < -0.3 is 19.8 Å². The van der Waals surface area contributed by atoms with Crippen molar-refractivity contribution in [3.8, 4) is 0 Å². The lowest BCUT2D eigenvalue weighted by molar-refractivity contribution is -0.137. The first-order valence-electron chi connectivity index (χ1n) is 6.33. The van der Waals surface area contributed by atoms with E-state index in [2.05, 4.69) is 11.8 Å². The Balaban J connectivity index is 3.71. The van der Waals surface area contributed by atoms with Crippen LogP contribution in [-0.4, -0.2) is 60.5 Å². The second-order valence-corrected chi connectivity index (χ2v) is 4.03. The van der Waals surface area contributed by atoms with Crippen LogP contribution < -0.4 is 0 Å². The second kappa shape index (κ2) is 11.8. The van der Waals surface area contributed by atoms with E-state index >= 15 is 0 Å². The van der Waals surface area contributed by atoms with Gasteiger partial charge in [-0.15, -0.1) is 0 Å². The summed E-state index contributed by atoms with van der Waals surface area (Å²) >= 11 is 0. The molecule has 0 heterocycles. The maximum Gasteiger partial charge on any atom is 0.304 e. The van der Waals surface area contributed by atoms with Crippen LogP contribution in [0.25, 0.3) is 0 Å². The molecule has 0 amide bonds. The summed E-state index contributed by atoms with van der Waals surface area (Å²) in [7, 11) is 0. The summed E-state index contributed by atoms with van der Waals surface area (Å²) < 4.78 is 5.19. The van der Waals surface area contributed by atoms with Crippen LogP contribution in [0.1, 0.15) is 32.6 Å². The fourth-order valence-corrected chi connectivity index (χ4v) is 1.53. The predicted molar refractivity (Wildman–Crippen MR) is 66.1 cm³/mol. The van der Waals surface area contributed by atoms with Gasteiger partial charge >= 0.3 is 5.97 Å². The summed E-state index contributed by atoms with van der Waals surface area (Å²) in [5.41, 5.74) is 0. The maximum absolute atomic E-state index is 10.5. The van der Waals surface area contributed by atoms with E-state index in [0.29, 0.717) is 19.8 Å². The third kappa shape index (κ3) is 11.6. The maximum atomic E-state index is 10.5. The fourth-order valence-electron chi connectivity index (χ4n) is 1.53. The minimum Gasteiger partial charge on any atom is -0.481 e.